The van der Waals surface area contributed by atoms with Crippen LogP contribution in [0.3, 0.4) is 0 Å². The molecule has 1 heterocycles. The van der Waals surface area contributed by atoms with Crippen molar-refractivity contribution in [2.24, 2.45) is 5.73 Å². The van der Waals surface area contributed by atoms with Gasteiger partial charge in [-0.25, -0.2) is 4.68 Å². The van der Waals surface area contributed by atoms with Crippen molar-refractivity contribution >= 4 is 0 Å². The van der Waals surface area contributed by atoms with Crippen LogP contribution in [0.1, 0.15) is 31.5 Å². The van der Waals surface area contributed by atoms with Crippen molar-refractivity contribution in [2.45, 2.75) is 37.8 Å². The molecule has 6 heteroatoms. The van der Waals surface area contributed by atoms with Gasteiger partial charge in [-0.1, -0.05) is 0 Å². The topological polar surface area (TPSA) is 78.9 Å². The number of aromatic nitrogens is 4. The molecule has 0 aromatic carbocycles. The van der Waals surface area contributed by atoms with Gasteiger partial charge in [0, 0.05) is 13.7 Å². The SMILES string of the molecule is COC1(c2nnnn2CCCN)CCC1. The molecule has 1 aromatic rings. The fourth-order valence-corrected chi connectivity index (χ4v) is 1.94. The summed E-state index contributed by atoms with van der Waals surface area (Å²) in [6, 6.07) is 0. The third-order valence-corrected chi connectivity index (χ3v) is 3.07. The van der Waals surface area contributed by atoms with Crippen molar-refractivity contribution in [1.29, 1.82) is 0 Å². The van der Waals surface area contributed by atoms with E-state index in [1.165, 1.54) is 6.42 Å². The maximum Gasteiger partial charge on any atom is 0.183 e. The molecule has 1 aliphatic rings. The molecule has 1 fully saturated rings. The minimum Gasteiger partial charge on any atom is -0.370 e. The Bertz CT molecular complexity index is 315. The van der Waals surface area contributed by atoms with E-state index in [0.717, 1.165) is 31.6 Å². The van der Waals surface area contributed by atoms with E-state index in [2.05, 4.69) is 15.5 Å². The fourth-order valence-electron chi connectivity index (χ4n) is 1.94. The lowest BCUT2D eigenvalue weighted by Crippen LogP contribution is -2.39. The quantitative estimate of drug-likeness (QED) is 0.744. The molecule has 0 unspecified atom stereocenters. The number of methoxy groups -OCH3 is 1. The van der Waals surface area contributed by atoms with Crippen molar-refractivity contribution in [3.8, 4) is 0 Å². The number of ether oxygens (including phenoxy) is 1. The van der Waals surface area contributed by atoms with Crippen LogP contribution in [-0.2, 0) is 16.9 Å². The Morgan fingerprint density at radius 2 is 2.33 bits per heavy atom. The van der Waals surface area contributed by atoms with E-state index in [0.29, 0.717) is 6.54 Å². The number of hydrogen-bond acceptors (Lipinski definition) is 5. The summed E-state index contributed by atoms with van der Waals surface area (Å²) >= 11 is 0. The second kappa shape index (κ2) is 4.24. The van der Waals surface area contributed by atoms with Gasteiger partial charge >= 0.3 is 0 Å². The zero-order valence-corrected chi connectivity index (χ0v) is 9.02. The highest BCUT2D eigenvalue weighted by Crippen LogP contribution is 2.42. The molecule has 6 nitrogen and oxygen atoms in total. The molecule has 15 heavy (non-hydrogen) atoms. The molecule has 1 saturated carbocycles. The Labute approximate surface area is 88.8 Å². The van der Waals surface area contributed by atoms with Gasteiger partial charge in [0.15, 0.2) is 5.82 Å². The van der Waals surface area contributed by atoms with Crippen molar-refractivity contribution in [1.82, 2.24) is 20.2 Å². The van der Waals surface area contributed by atoms with Gasteiger partial charge in [-0.15, -0.1) is 5.10 Å². The van der Waals surface area contributed by atoms with Crippen molar-refractivity contribution in [3.05, 3.63) is 5.82 Å². The average Bonchev–Trinajstić information content (AvgIpc) is 2.63. The van der Waals surface area contributed by atoms with Crippen molar-refractivity contribution in [2.75, 3.05) is 13.7 Å². The molecular formula is C9H17N5O. The Kier molecular flexibility index (Phi) is 2.97. The summed E-state index contributed by atoms with van der Waals surface area (Å²) in [7, 11) is 1.72. The molecular weight excluding hydrogens is 194 g/mol. The number of hydrogen-bond donors (Lipinski definition) is 1. The van der Waals surface area contributed by atoms with E-state index in [4.69, 9.17) is 10.5 Å². The first-order chi connectivity index (χ1) is 7.32. The number of nitrogens with two attached hydrogens (primary N) is 1. The van der Waals surface area contributed by atoms with Crippen LogP contribution >= 0.6 is 0 Å². The Hall–Kier alpha value is -1.01. The summed E-state index contributed by atoms with van der Waals surface area (Å²) in [6.07, 6.45) is 4.08. The van der Waals surface area contributed by atoms with Crippen LogP contribution in [0.15, 0.2) is 0 Å². The maximum atomic E-state index is 5.54. The monoisotopic (exact) mass is 211 g/mol. The van der Waals surface area contributed by atoms with Crippen LogP contribution < -0.4 is 5.73 Å². The molecule has 0 amide bonds. The first kappa shape index (κ1) is 10.5. The zero-order valence-electron chi connectivity index (χ0n) is 9.02. The molecule has 0 saturated heterocycles. The summed E-state index contributed by atoms with van der Waals surface area (Å²) in [5, 5.41) is 11.8. The summed E-state index contributed by atoms with van der Waals surface area (Å²) < 4.78 is 7.36. The van der Waals surface area contributed by atoms with Crippen LogP contribution in [-0.4, -0.2) is 33.9 Å². The van der Waals surface area contributed by atoms with E-state index >= 15 is 0 Å². The molecule has 1 aromatic heterocycles. The van der Waals surface area contributed by atoms with Gasteiger partial charge in [0.1, 0.15) is 5.60 Å². The molecule has 0 bridgehead atoms. The van der Waals surface area contributed by atoms with Crippen LogP contribution in [0.5, 0.6) is 0 Å². The van der Waals surface area contributed by atoms with E-state index in [1.54, 1.807) is 7.11 Å². The lowest BCUT2D eigenvalue weighted by Gasteiger charge is -2.38. The molecule has 1 aliphatic carbocycles. The van der Waals surface area contributed by atoms with Gasteiger partial charge in [-0.05, 0) is 42.7 Å². The summed E-state index contributed by atoms with van der Waals surface area (Å²) in [5.41, 5.74) is 5.23. The van der Waals surface area contributed by atoms with E-state index in [1.807, 2.05) is 4.68 Å². The average molecular weight is 211 g/mol. The smallest absolute Gasteiger partial charge is 0.183 e. The highest BCUT2D eigenvalue weighted by Gasteiger charge is 2.43. The second-order valence-electron chi connectivity index (χ2n) is 3.92. The lowest BCUT2D eigenvalue weighted by molar-refractivity contribution is -0.0877. The van der Waals surface area contributed by atoms with Gasteiger partial charge < -0.3 is 10.5 Å². The molecule has 0 radical (unpaired) electrons. The Morgan fingerprint density at radius 1 is 1.53 bits per heavy atom. The molecule has 2 rings (SSSR count). The Morgan fingerprint density at radius 3 is 2.87 bits per heavy atom. The predicted molar refractivity (Wildman–Crippen MR) is 54.0 cm³/mol. The van der Waals surface area contributed by atoms with Crippen LogP contribution in [0.4, 0.5) is 0 Å². The third kappa shape index (κ3) is 1.74. The van der Waals surface area contributed by atoms with Crippen LogP contribution in [0, 0.1) is 0 Å². The van der Waals surface area contributed by atoms with Crippen LogP contribution in [0.25, 0.3) is 0 Å². The summed E-state index contributed by atoms with van der Waals surface area (Å²) in [6.45, 7) is 1.42. The largest absolute Gasteiger partial charge is 0.370 e. The van der Waals surface area contributed by atoms with Crippen LogP contribution in [0.2, 0.25) is 0 Å². The first-order valence-electron chi connectivity index (χ1n) is 5.34. The predicted octanol–water partition coefficient (Wildman–Crippen LogP) is 0.0475. The molecule has 84 valence electrons. The van der Waals surface area contributed by atoms with Crippen molar-refractivity contribution < 1.29 is 4.74 Å². The molecule has 0 spiro atoms. The third-order valence-electron chi connectivity index (χ3n) is 3.07. The van der Waals surface area contributed by atoms with Gasteiger partial charge in [-0.2, -0.15) is 0 Å². The van der Waals surface area contributed by atoms with E-state index in [-0.39, 0.29) is 5.60 Å². The minimum atomic E-state index is -0.238. The van der Waals surface area contributed by atoms with Gasteiger partial charge in [-0.3, -0.25) is 0 Å². The molecule has 0 atom stereocenters. The Balaban J connectivity index is 2.16. The number of nitrogens with zero attached hydrogens (tertiary/aromatic N) is 4. The normalized spacial score (nSPS) is 18.8. The number of tetrazole rings is 1. The van der Waals surface area contributed by atoms with E-state index in [9.17, 15) is 0 Å². The lowest BCUT2D eigenvalue weighted by atomic mass is 9.79. The number of rotatable bonds is 5. The molecule has 2 N–H and O–H groups in total. The highest BCUT2D eigenvalue weighted by molar-refractivity contribution is 5.05. The van der Waals surface area contributed by atoms with Gasteiger partial charge in [0.05, 0.1) is 0 Å². The second-order valence-corrected chi connectivity index (χ2v) is 3.92. The van der Waals surface area contributed by atoms with Gasteiger partial charge in [0.2, 0.25) is 0 Å². The standard InChI is InChI=1S/C9H17N5O/c1-15-9(4-2-5-9)8-11-12-13-14(8)7-3-6-10/h2-7,10H2,1H3. The zero-order chi connectivity index (χ0) is 10.7. The number of aryl methyl sites for hydroxylation is 1. The first-order valence-corrected chi connectivity index (χ1v) is 5.34. The highest BCUT2D eigenvalue weighted by atomic mass is 16.5. The maximum absolute atomic E-state index is 5.54. The summed E-state index contributed by atoms with van der Waals surface area (Å²) in [4.78, 5) is 0. The molecule has 0 aliphatic heterocycles. The minimum absolute atomic E-state index is 0.238. The van der Waals surface area contributed by atoms with E-state index < -0.39 is 0 Å². The summed E-state index contributed by atoms with van der Waals surface area (Å²) in [5.74, 6) is 0.852. The van der Waals surface area contributed by atoms with Crippen molar-refractivity contribution in [3.63, 3.8) is 0 Å². The van der Waals surface area contributed by atoms with Gasteiger partial charge in [0.25, 0.3) is 0 Å². The fraction of sp³-hybridized carbons (Fsp3) is 0.889.